The fraction of sp³-hybridized carbons (Fsp3) is 0.474. The van der Waals surface area contributed by atoms with E-state index >= 15 is 0 Å². The maximum absolute atomic E-state index is 14.1. The lowest BCUT2D eigenvalue weighted by atomic mass is 9.94. The van der Waals surface area contributed by atoms with Gasteiger partial charge in [0.2, 0.25) is 5.91 Å². The zero-order chi connectivity index (χ0) is 18.8. The van der Waals surface area contributed by atoms with Gasteiger partial charge in [-0.2, -0.15) is 5.10 Å². The van der Waals surface area contributed by atoms with Gasteiger partial charge in [-0.3, -0.25) is 9.48 Å². The second-order valence-corrected chi connectivity index (χ2v) is 6.90. The minimum Gasteiger partial charge on any atom is -0.338 e. The van der Waals surface area contributed by atoms with Crippen LogP contribution in [0.4, 0.5) is 8.78 Å². The Hall–Kier alpha value is -2.28. The lowest BCUT2D eigenvalue weighted by molar-refractivity contribution is -0.127. The number of likely N-dealkylation sites (tertiary alicyclic amines) is 1. The molecule has 5 nitrogen and oxygen atoms in total. The van der Waals surface area contributed by atoms with Crippen LogP contribution in [0.5, 0.6) is 0 Å². The summed E-state index contributed by atoms with van der Waals surface area (Å²) in [5, 5.41) is 7.57. The average Bonchev–Trinajstić information content (AvgIpc) is 3.13. The van der Waals surface area contributed by atoms with E-state index in [1.54, 1.807) is 22.8 Å². The van der Waals surface area contributed by atoms with Gasteiger partial charge < -0.3 is 10.2 Å². The van der Waals surface area contributed by atoms with Gasteiger partial charge in [0.1, 0.15) is 11.6 Å². The zero-order valence-electron chi connectivity index (χ0n) is 15.2. The summed E-state index contributed by atoms with van der Waals surface area (Å²) in [4.78, 5) is 14.0. The summed E-state index contributed by atoms with van der Waals surface area (Å²) in [5.74, 6) is -0.977. The second kappa shape index (κ2) is 7.53. The Morgan fingerprint density at radius 2 is 2.12 bits per heavy atom. The lowest BCUT2D eigenvalue weighted by Crippen LogP contribution is -2.31. The number of nitrogens with zero attached hydrogens (tertiary/aromatic N) is 3. The molecule has 2 heterocycles. The highest BCUT2D eigenvalue weighted by molar-refractivity contribution is 5.79. The van der Waals surface area contributed by atoms with E-state index in [0.717, 1.165) is 11.6 Å². The fourth-order valence-corrected chi connectivity index (χ4v) is 3.78. The van der Waals surface area contributed by atoms with Gasteiger partial charge in [0, 0.05) is 62.4 Å². The standard InChI is InChI=1S/C19H24F2N4O/c1-4-17(15-6-5-14(20)8-16(15)21)22-9-12-7-18(26)25(3)19(12)13-10-23-24(2)11-13/h5-6,8,10-12,17,19,22H,4,7,9H2,1-3H3/t12-,17+,19+/m0/s1. The first-order valence-electron chi connectivity index (χ1n) is 8.83. The summed E-state index contributed by atoms with van der Waals surface area (Å²) in [5.41, 5.74) is 1.44. The molecule has 0 spiro atoms. The molecule has 0 radical (unpaired) electrons. The maximum Gasteiger partial charge on any atom is 0.223 e. The number of hydrogen-bond acceptors (Lipinski definition) is 3. The van der Waals surface area contributed by atoms with E-state index < -0.39 is 11.6 Å². The Kier molecular flexibility index (Phi) is 5.36. The first-order valence-corrected chi connectivity index (χ1v) is 8.83. The largest absolute Gasteiger partial charge is 0.338 e. The Balaban J connectivity index is 1.74. The normalized spacial score (nSPS) is 21.4. The summed E-state index contributed by atoms with van der Waals surface area (Å²) in [6.07, 6.45) is 4.80. The first-order chi connectivity index (χ1) is 12.4. The topological polar surface area (TPSA) is 50.2 Å². The van der Waals surface area contributed by atoms with E-state index in [1.165, 1.54) is 12.1 Å². The number of carbonyl (C=O) groups is 1. The van der Waals surface area contributed by atoms with Gasteiger partial charge in [0.25, 0.3) is 0 Å². The van der Waals surface area contributed by atoms with Crippen molar-refractivity contribution in [3.8, 4) is 0 Å². The predicted octanol–water partition coefficient (Wildman–Crippen LogP) is 2.96. The third-order valence-corrected chi connectivity index (χ3v) is 5.13. The number of amides is 1. The van der Waals surface area contributed by atoms with Gasteiger partial charge in [-0.25, -0.2) is 8.78 Å². The monoisotopic (exact) mass is 362 g/mol. The minimum atomic E-state index is -0.583. The Morgan fingerprint density at radius 1 is 1.35 bits per heavy atom. The maximum atomic E-state index is 14.1. The molecule has 1 saturated heterocycles. The molecule has 1 aliphatic heterocycles. The highest BCUT2D eigenvalue weighted by atomic mass is 19.1. The van der Waals surface area contributed by atoms with Crippen molar-refractivity contribution in [3.63, 3.8) is 0 Å². The smallest absolute Gasteiger partial charge is 0.223 e. The number of aryl methyl sites for hydroxylation is 1. The number of hydrogen-bond donors (Lipinski definition) is 1. The van der Waals surface area contributed by atoms with Gasteiger partial charge in [0.15, 0.2) is 0 Å². The molecule has 26 heavy (non-hydrogen) atoms. The van der Waals surface area contributed by atoms with Crippen LogP contribution in [-0.2, 0) is 11.8 Å². The summed E-state index contributed by atoms with van der Waals surface area (Å²) >= 11 is 0. The van der Waals surface area contributed by atoms with E-state index in [1.807, 2.05) is 20.2 Å². The van der Waals surface area contributed by atoms with Gasteiger partial charge in [-0.05, 0) is 12.5 Å². The molecule has 0 bridgehead atoms. The predicted molar refractivity (Wildman–Crippen MR) is 94.2 cm³/mol. The SMILES string of the molecule is CC[C@@H](NC[C@@H]1CC(=O)N(C)[C@H]1c1cnn(C)c1)c1ccc(F)cc1F. The van der Waals surface area contributed by atoms with E-state index in [0.29, 0.717) is 24.9 Å². The van der Waals surface area contributed by atoms with Gasteiger partial charge >= 0.3 is 0 Å². The molecule has 1 N–H and O–H groups in total. The molecule has 1 fully saturated rings. The van der Waals surface area contributed by atoms with Crippen LogP contribution < -0.4 is 5.32 Å². The van der Waals surface area contributed by atoms with E-state index in [-0.39, 0.29) is 23.9 Å². The second-order valence-electron chi connectivity index (χ2n) is 6.90. The number of halogens is 2. The molecule has 1 amide bonds. The van der Waals surface area contributed by atoms with Crippen molar-refractivity contribution in [3.05, 3.63) is 53.4 Å². The van der Waals surface area contributed by atoms with Crippen LogP contribution in [-0.4, -0.2) is 34.2 Å². The van der Waals surface area contributed by atoms with Crippen molar-refractivity contribution < 1.29 is 13.6 Å². The molecular formula is C19H24F2N4O. The third-order valence-electron chi connectivity index (χ3n) is 5.13. The fourth-order valence-electron chi connectivity index (χ4n) is 3.78. The van der Waals surface area contributed by atoms with Crippen LogP contribution in [0.25, 0.3) is 0 Å². The molecule has 140 valence electrons. The van der Waals surface area contributed by atoms with Crippen molar-refractivity contribution in [1.29, 1.82) is 0 Å². The molecule has 3 atom stereocenters. The number of nitrogens with one attached hydrogen (secondary N) is 1. The molecular weight excluding hydrogens is 338 g/mol. The average molecular weight is 362 g/mol. The molecule has 1 aromatic heterocycles. The van der Waals surface area contributed by atoms with Crippen molar-refractivity contribution >= 4 is 5.91 Å². The van der Waals surface area contributed by atoms with Crippen LogP contribution in [0.3, 0.4) is 0 Å². The van der Waals surface area contributed by atoms with E-state index in [2.05, 4.69) is 10.4 Å². The molecule has 0 unspecified atom stereocenters. The zero-order valence-corrected chi connectivity index (χ0v) is 15.2. The number of carbonyl (C=O) groups excluding carboxylic acids is 1. The quantitative estimate of drug-likeness (QED) is 0.860. The minimum absolute atomic E-state index is 0.0562. The number of aromatic nitrogens is 2. The van der Waals surface area contributed by atoms with E-state index in [9.17, 15) is 13.6 Å². The van der Waals surface area contributed by atoms with Gasteiger partial charge in [0.05, 0.1) is 12.2 Å². The molecule has 0 aliphatic carbocycles. The highest BCUT2D eigenvalue weighted by Crippen LogP contribution is 2.36. The molecule has 2 aromatic rings. The summed E-state index contributed by atoms with van der Waals surface area (Å²) in [6, 6.07) is 3.38. The summed E-state index contributed by atoms with van der Waals surface area (Å²) in [6.45, 7) is 2.51. The number of rotatable bonds is 6. The van der Waals surface area contributed by atoms with Crippen molar-refractivity contribution in [2.45, 2.75) is 31.8 Å². The van der Waals surface area contributed by atoms with Crippen LogP contribution in [0, 0.1) is 17.6 Å². The Morgan fingerprint density at radius 3 is 2.73 bits per heavy atom. The van der Waals surface area contributed by atoms with Crippen molar-refractivity contribution in [2.75, 3.05) is 13.6 Å². The van der Waals surface area contributed by atoms with Gasteiger partial charge in [-0.15, -0.1) is 0 Å². The molecule has 3 rings (SSSR count). The number of benzene rings is 1. The molecule has 7 heteroatoms. The van der Waals surface area contributed by atoms with Crippen LogP contribution >= 0.6 is 0 Å². The van der Waals surface area contributed by atoms with Crippen LogP contribution in [0.2, 0.25) is 0 Å². The molecule has 1 aromatic carbocycles. The molecule has 0 saturated carbocycles. The summed E-state index contributed by atoms with van der Waals surface area (Å²) < 4.78 is 29.0. The van der Waals surface area contributed by atoms with Crippen molar-refractivity contribution in [2.24, 2.45) is 13.0 Å². The van der Waals surface area contributed by atoms with Crippen LogP contribution in [0.1, 0.15) is 43.0 Å². The first kappa shape index (κ1) is 18.5. The lowest BCUT2D eigenvalue weighted by Gasteiger charge is -2.26. The Bertz CT molecular complexity index is 792. The van der Waals surface area contributed by atoms with E-state index in [4.69, 9.17) is 0 Å². The van der Waals surface area contributed by atoms with Gasteiger partial charge in [-0.1, -0.05) is 13.0 Å². The summed E-state index contributed by atoms with van der Waals surface area (Å²) in [7, 11) is 3.65. The Labute approximate surface area is 152 Å². The highest BCUT2D eigenvalue weighted by Gasteiger charge is 2.39. The molecule has 1 aliphatic rings. The van der Waals surface area contributed by atoms with Crippen molar-refractivity contribution in [1.82, 2.24) is 20.0 Å². The third kappa shape index (κ3) is 3.62. The van der Waals surface area contributed by atoms with Crippen LogP contribution in [0.15, 0.2) is 30.6 Å².